The highest BCUT2D eigenvalue weighted by molar-refractivity contribution is 6.15. The molecule has 6 nitrogen and oxygen atoms in total. The van der Waals surface area contributed by atoms with Crippen molar-refractivity contribution in [3.05, 3.63) is 65.3 Å². The van der Waals surface area contributed by atoms with Crippen molar-refractivity contribution in [1.82, 2.24) is 4.90 Å². The van der Waals surface area contributed by atoms with Crippen molar-refractivity contribution in [2.24, 2.45) is 0 Å². The van der Waals surface area contributed by atoms with Crippen LogP contribution in [-0.4, -0.2) is 34.3 Å². The number of ether oxygens (including phenoxy) is 1. The van der Waals surface area contributed by atoms with Crippen LogP contribution < -0.4 is 4.74 Å². The summed E-state index contributed by atoms with van der Waals surface area (Å²) in [6.07, 6.45) is 2.07. The summed E-state index contributed by atoms with van der Waals surface area (Å²) < 4.78 is 10.9. The normalized spacial score (nSPS) is 17.1. The zero-order valence-electron chi connectivity index (χ0n) is 15.6. The number of aliphatic hydroxyl groups is 1. The molecule has 0 bridgehead atoms. The van der Waals surface area contributed by atoms with Crippen molar-refractivity contribution in [1.29, 1.82) is 0 Å². The average Bonchev–Trinajstić information content (AvgIpc) is 3.24. The molecular weight excluding hydrogens is 346 g/mol. The van der Waals surface area contributed by atoms with E-state index in [-0.39, 0.29) is 17.4 Å². The van der Waals surface area contributed by atoms with Crippen LogP contribution >= 0.6 is 0 Å². The molecule has 27 heavy (non-hydrogen) atoms. The highest BCUT2D eigenvalue weighted by Gasteiger charge is 2.44. The SMILES string of the molecule is CCCN1C(=O)C(O)=C(C(=O)c2ccco2)C1c1cccc(OC(C)C)c1. The van der Waals surface area contributed by atoms with Gasteiger partial charge >= 0.3 is 0 Å². The van der Waals surface area contributed by atoms with E-state index in [1.807, 2.05) is 39.0 Å². The number of benzene rings is 1. The fourth-order valence-corrected chi connectivity index (χ4v) is 3.27. The van der Waals surface area contributed by atoms with Gasteiger partial charge in [0.1, 0.15) is 5.75 Å². The van der Waals surface area contributed by atoms with Crippen molar-refractivity contribution < 1.29 is 23.8 Å². The van der Waals surface area contributed by atoms with E-state index < -0.39 is 23.5 Å². The Morgan fingerprint density at radius 3 is 2.70 bits per heavy atom. The predicted molar refractivity (Wildman–Crippen MR) is 99.6 cm³/mol. The van der Waals surface area contributed by atoms with Crippen LogP contribution in [0.25, 0.3) is 0 Å². The molecule has 1 N–H and O–H groups in total. The van der Waals surface area contributed by atoms with Gasteiger partial charge in [0.15, 0.2) is 11.5 Å². The van der Waals surface area contributed by atoms with Gasteiger partial charge in [0.25, 0.3) is 5.91 Å². The first-order valence-corrected chi connectivity index (χ1v) is 9.03. The molecule has 142 valence electrons. The first-order valence-electron chi connectivity index (χ1n) is 9.03. The number of ketones is 1. The van der Waals surface area contributed by atoms with E-state index >= 15 is 0 Å². The largest absolute Gasteiger partial charge is 0.503 e. The number of rotatable bonds is 7. The van der Waals surface area contributed by atoms with Gasteiger partial charge in [-0.25, -0.2) is 0 Å². The number of carbonyl (C=O) groups excluding carboxylic acids is 2. The van der Waals surface area contributed by atoms with Crippen molar-refractivity contribution in [3.63, 3.8) is 0 Å². The maximum atomic E-state index is 12.9. The first-order chi connectivity index (χ1) is 12.9. The minimum atomic E-state index is -0.689. The lowest BCUT2D eigenvalue weighted by Gasteiger charge is -2.26. The Morgan fingerprint density at radius 1 is 1.30 bits per heavy atom. The Hall–Kier alpha value is -3.02. The highest BCUT2D eigenvalue weighted by Crippen LogP contribution is 2.40. The lowest BCUT2D eigenvalue weighted by Crippen LogP contribution is -2.31. The van der Waals surface area contributed by atoms with Crippen LogP contribution in [0.1, 0.15) is 49.4 Å². The van der Waals surface area contributed by atoms with Crippen molar-refractivity contribution in [3.8, 4) is 5.75 Å². The third-order valence-electron chi connectivity index (χ3n) is 4.30. The van der Waals surface area contributed by atoms with Gasteiger partial charge in [-0.2, -0.15) is 0 Å². The van der Waals surface area contributed by atoms with Crippen LogP contribution in [0.4, 0.5) is 0 Å². The lowest BCUT2D eigenvalue weighted by molar-refractivity contribution is -0.129. The number of Topliss-reactive ketones (excluding diaryl/α,β-unsaturated/α-hetero) is 1. The van der Waals surface area contributed by atoms with Gasteiger partial charge in [-0.1, -0.05) is 19.1 Å². The Balaban J connectivity index is 2.07. The number of aliphatic hydroxyl groups excluding tert-OH is 1. The molecule has 0 aliphatic carbocycles. The minimum absolute atomic E-state index is 0.00892. The van der Waals surface area contributed by atoms with Crippen LogP contribution in [-0.2, 0) is 4.79 Å². The quantitative estimate of drug-likeness (QED) is 0.745. The summed E-state index contributed by atoms with van der Waals surface area (Å²) in [5, 5.41) is 10.5. The summed E-state index contributed by atoms with van der Waals surface area (Å²) in [6, 6.07) is 9.68. The van der Waals surface area contributed by atoms with E-state index in [0.29, 0.717) is 24.3 Å². The first kappa shape index (κ1) is 18.8. The number of amides is 1. The zero-order valence-corrected chi connectivity index (χ0v) is 15.6. The Bertz CT molecular complexity index is 866. The Kier molecular flexibility index (Phi) is 5.35. The number of nitrogens with zero attached hydrogens (tertiary/aromatic N) is 1. The van der Waals surface area contributed by atoms with Gasteiger partial charge in [0.05, 0.1) is 24.0 Å². The standard InChI is InChI=1S/C21H23NO5/c1-4-10-22-18(14-7-5-8-15(12-14)27-13(2)3)17(20(24)21(22)25)19(23)16-9-6-11-26-16/h5-9,11-13,18,24H,4,10H2,1-3H3. The smallest absolute Gasteiger partial charge is 0.290 e. The Labute approximate surface area is 158 Å². The van der Waals surface area contributed by atoms with Gasteiger partial charge in [-0.05, 0) is 50.1 Å². The summed E-state index contributed by atoms with van der Waals surface area (Å²) in [5.41, 5.74) is 0.735. The number of hydrogen-bond acceptors (Lipinski definition) is 5. The fraction of sp³-hybridized carbons (Fsp3) is 0.333. The van der Waals surface area contributed by atoms with Gasteiger partial charge in [-0.15, -0.1) is 0 Å². The second-order valence-corrected chi connectivity index (χ2v) is 6.71. The summed E-state index contributed by atoms with van der Waals surface area (Å²) in [7, 11) is 0. The maximum Gasteiger partial charge on any atom is 0.290 e. The van der Waals surface area contributed by atoms with E-state index in [4.69, 9.17) is 9.15 Å². The molecule has 0 spiro atoms. The van der Waals surface area contributed by atoms with Crippen molar-refractivity contribution in [2.75, 3.05) is 6.54 Å². The van der Waals surface area contributed by atoms with E-state index in [9.17, 15) is 14.7 Å². The van der Waals surface area contributed by atoms with Gasteiger partial charge in [-0.3, -0.25) is 9.59 Å². The Morgan fingerprint density at radius 2 is 2.07 bits per heavy atom. The number of hydrogen-bond donors (Lipinski definition) is 1. The number of furan rings is 1. The third-order valence-corrected chi connectivity index (χ3v) is 4.30. The van der Waals surface area contributed by atoms with Crippen LogP contribution in [0.15, 0.2) is 58.4 Å². The van der Waals surface area contributed by atoms with Crippen LogP contribution in [0.3, 0.4) is 0 Å². The molecule has 3 rings (SSSR count). The molecule has 0 saturated carbocycles. The number of carbonyl (C=O) groups is 2. The summed E-state index contributed by atoms with van der Waals surface area (Å²) in [5.74, 6) is -0.841. The molecule has 1 aliphatic rings. The summed E-state index contributed by atoms with van der Waals surface area (Å²) >= 11 is 0. The average molecular weight is 369 g/mol. The molecule has 2 heterocycles. The highest BCUT2D eigenvalue weighted by atomic mass is 16.5. The molecule has 1 aromatic heterocycles. The van der Waals surface area contributed by atoms with Crippen molar-refractivity contribution in [2.45, 2.75) is 39.3 Å². The summed E-state index contributed by atoms with van der Waals surface area (Å²) in [4.78, 5) is 27.1. The molecule has 6 heteroatoms. The minimum Gasteiger partial charge on any atom is -0.503 e. The van der Waals surface area contributed by atoms with E-state index in [0.717, 1.165) is 0 Å². The zero-order chi connectivity index (χ0) is 19.6. The molecule has 2 aromatic rings. The van der Waals surface area contributed by atoms with E-state index in [1.165, 1.54) is 17.2 Å². The third kappa shape index (κ3) is 3.60. The van der Waals surface area contributed by atoms with E-state index in [2.05, 4.69) is 0 Å². The van der Waals surface area contributed by atoms with Gasteiger partial charge in [0.2, 0.25) is 5.78 Å². The molecule has 1 unspecified atom stereocenters. The molecule has 0 saturated heterocycles. The van der Waals surface area contributed by atoms with Crippen molar-refractivity contribution >= 4 is 11.7 Å². The second-order valence-electron chi connectivity index (χ2n) is 6.71. The molecule has 0 fully saturated rings. The maximum absolute atomic E-state index is 12.9. The van der Waals surface area contributed by atoms with Crippen LogP contribution in [0.2, 0.25) is 0 Å². The van der Waals surface area contributed by atoms with E-state index in [1.54, 1.807) is 12.1 Å². The van der Waals surface area contributed by atoms with Crippen LogP contribution in [0, 0.1) is 0 Å². The molecule has 1 amide bonds. The summed E-state index contributed by atoms with van der Waals surface area (Å²) in [6.45, 7) is 6.20. The van der Waals surface area contributed by atoms with Gasteiger partial charge < -0.3 is 19.2 Å². The second kappa shape index (κ2) is 7.70. The monoisotopic (exact) mass is 369 g/mol. The van der Waals surface area contributed by atoms with Crippen LogP contribution in [0.5, 0.6) is 5.75 Å². The lowest BCUT2D eigenvalue weighted by atomic mass is 9.95. The fourth-order valence-electron chi connectivity index (χ4n) is 3.27. The topological polar surface area (TPSA) is 80.0 Å². The predicted octanol–water partition coefficient (Wildman–Crippen LogP) is 4.06. The molecule has 1 aliphatic heterocycles. The molecule has 0 radical (unpaired) electrons. The van der Waals surface area contributed by atoms with Gasteiger partial charge in [0, 0.05) is 6.54 Å². The molecule has 1 aromatic carbocycles. The molecular formula is C21H23NO5. The molecule has 1 atom stereocenters.